The van der Waals surface area contributed by atoms with Gasteiger partial charge in [-0.05, 0) is 88.5 Å². The van der Waals surface area contributed by atoms with E-state index in [0.29, 0.717) is 10.7 Å². The van der Waals surface area contributed by atoms with Gasteiger partial charge in [-0.3, -0.25) is 14.4 Å². The summed E-state index contributed by atoms with van der Waals surface area (Å²) in [7, 11) is 0. The molecule has 0 fully saturated rings. The van der Waals surface area contributed by atoms with Gasteiger partial charge in [0, 0.05) is 9.61 Å². The zero-order chi connectivity index (χ0) is 22.5. The van der Waals surface area contributed by atoms with Crippen molar-refractivity contribution in [3.05, 3.63) is 21.8 Å². The normalized spacial score (nSPS) is 12.1. The Hall–Kier alpha value is -0.300. The number of benzene rings is 1. The summed E-state index contributed by atoms with van der Waals surface area (Å²) >= 11 is 5.68. The molecule has 0 heterocycles. The molecule has 1 aromatic rings. The summed E-state index contributed by atoms with van der Waals surface area (Å²) in [5.74, 6) is -1.73. The Morgan fingerprint density at radius 1 is 0.862 bits per heavy atom. The van der Waals surface area contributed by atoms with Crippen LogP contribution >= 0.6 is 67.8 Å². The lowest BCUT2D eigenvalue weighted by molar-refractivity contribution is -0.123. The minimum absolute atomic E-state index is 0.119. The van der Waals surface area contributed by atoms with Gasteiger partial charge in [0.05, 0.1) is 43.2 Å². The Morgan fingerprint density at radius 2 is 1.31 bits per heavy atom. The number of anilines is 1. The van der Waals surface area contributed by atoms with Gasteiger partial charge in [-0.1, -0.05) is 0 Å². The van der Waals surface area contributed by atoms with Crippen molar-refractivity contribution < 1.29 is 29.7 Å². The molecule has 162 valence electrons. The number of halogens is 3. The van der Waals surface area contributed by atoms with E-state index in [-0.39, 0.29) is 22.9 Å². The lowest BCUT2D eigenvalue weighted by atomic mass is 10.1. The van der Waals surface area contributed by atoms with Crippen LogP contribution in [0.2, 0.25) is 0 Å². The van der Waals surface area contributed by atoms with Gasteiger partial charge in [-0.15, -0.1) is 0 Å². The molecule has 0 radical (unpaired) electrons. The Kier molecular flexibility index (Phi) is 11.0. The molecule has 1 unspecified atom stereocenters. The molecule has 1 aromatic carbocycles. The van der Waals surface area contributed by atoms with Crippen molar-refractivity contribution in [2.45, 2.75) is 39.0 Å². The third kappa shape index (κ3) is 6.84. The minimum atomic E-state index is -1.29. The van der Waals surface area contributed by atoms with E-state index in [1.165, 1.54) is 6.92 Å². The predicted octanol–water partition coefficient (Wildman–Crippen LogP) is 1.04. The molecule has 1 rings (SSSR count). The van der Waals surface area contributed by atoms with Gasteiger partial charge in [0.2, 0.25) is 0 Å². The monoisotopic (exact) mass is 745 g/mol. The van der Waals surface area contributed by atoms with Crippen LogP contribution in [-0.2, 0) is 4.79 Å². The molecule has 0 saturated heterocycles. The van der Waals surface area contributed by atoms with Gasteiger partial charge in [-0.2, -0.15) is 0 Å². The van der Waals surface area contributed by atoms with E-state index in [1.807, 2.05) is 67.8 Å². The molecule has 0 aliphatic heterocycles. The van der Waals surface area contributed by atoms with Crippen LogP contribution in [0.15, 0.2) is 0 Å². The molecule has 6 N–H and O–H groups in total. The van der Waals surface area contributed by atoms with Crippen molar-refractivity contribution in [3.63, 3.8) is 0 Å². The number of aliphatic hydroxyl groups excluding tert-OH is 3. The molecule has 29 heavy (non-hydrogen) atoms. The Bertz CT molecular complexity index is 797. The van der Waals surface area contributed by atoms with Crippen LogP contribution in [-0.4, -0.2) is 64.4 Å². The quantitative estimate of drug-likeness (QED) is 0.220. The molecular weight excluding hydrogens is 723 g/mol. The maximum absolute atomic E-state index is 12.9. The smallest absolute Gasteiger partial charge is 0.253 e. The van der Waals surface area contributed by atoms with E-state index in [4.69, 9.17) is 0 Å². The van der Waals surface area contributed by atoms with Gasteiger partial charge in [0.25, 0.3) is 17.7 Å². The second kappa shape index (κ2) is 11.9. The molecule has 12 heteroatoms. The van der Waals surface area contributed by atoms with Crippen LogP contribution in [0.5, 0.6) is 0 Å². The average molecular weight is 745 g/mol. The van der Waals surface area contributed by atoms with Crippen LogP contribution in [0.4, 0.5) is 5.69 Å². The van der Waals surface area contributed by atoms with Crippen LogP contribution in [0, 0.1) is 10.7 Å². The molecular formula is C17H22I3N3O6. The number of aliphatic hydroxyl groups is 3. The Labute approximate surface area is 209 Å². The topological polar surface area (TPSA) is 148 Å². The second-order valence-electron chi connectivity index (χ2n) is 6.40. The fraction of sp³-hybridized carbons (Fsp3) is 0.471. The van der Waals surface area contributed by atoms with Crippen LogP contribution in [0.1, 0.15) is 41.5 Å². The first-order valence-electron chi connectivity index (χ1n) is 8.48. The summed E-state index contributed by atoms with van der Waals surface area (Å²) in [5, 5.41) is 35.9. The van der Waals surface area contributed by atoms with E-state index in [1.54, 1.807) is 13.8 Å². The molecule has 0 aliphatic carbocycles. The van der Waals surface area contributed by atoms with Gasteiger partial charge in [-0.25, -0.2) is 0 Å². The third-order valence-electron chi connectivity index (χ3n) is 3.59. The van der Waals surface area contributed by atoms with Crippen molar-refractivity contribution in [2.75, 3.05) is 18.5 Å². The summed E-state index contributed by atoms with van der Waals surface area (Å²) in [6, 6.07) is -1.04. The zero-order valence-corrected chi connectivity index (χ0v) is 22.3. The van der Waals surface area contributed by atoms with Gasteiger partial charge < -0.3 is 31.3 Å². The maximum atomic E-state index is 12.9. The van der Waals surface area contributed by atoms with E-state index in [0.717, 1.165) is 0 Å². The second-order valence-corrected chi connectivity index (χ2v) is 9.63. The molecule has 3 amide bonds. The standard InChI is InChI=1S/C17H22I3N3O6/c1-6(2)21-16(28)9-11(18)10(17(29)22-8(4-24)5-25)13(20)14(12(9)19)23-15(27)7(3)26/h6-8,24-26H,4-5H2,1-3H3,(H,21,28)(H,22,29)(H,23,27). The number of nitrogens with one attached hydrogen (secondary N) is 3. The summed E-state index contributed by atoms with van der Waals surface area (Å²) in [6.07, 6.45) is -1.29. The molecule has 0 bridgehead atoms. The highest BCUT2D eigenvalue weighted by atomic mass is 127. The van der Waals surface area contributed by atoms with E-state index in [9.17, 15) is 29.7 Å². The van der Waals surface area contributed by atoms with Gasteiger partial charge in [0.15, 0.2) is 0 Å². The number of hydrogen-bond acceptors (Lipinski definition) is 6. The molecule has 9 nitrogen and oxygen atoms in total. The number of carbonyl (C=O) groups is 3. The summed E-state index contributed by atoms with van der Waals surface area (Å²) in [4.78, 5) is 37.7. The van der Waals surface area contributed by atoms with Crippen LogP contribution in [0.3, 0.4) is 0 Å². The SMILES string of the molecule is CC(C)NC(=O)c1c(I)c(NC(=O)C(C)O)c(I)c(C(=O)NC(CO)CO)c1I. The van der Waals surface area contributed by atoms with E-state index in [2.05, 4.69) is 16.0 Å². The highest BCUT2D eigenvalue weighted by Gasteiger charge is 2.30. The molecule has 0 aromatic heterocycles. The number of hydrogen-bond donors (Lipinski definition) is 6. The third-order valence-corrected chi connectivity index (χ3v) is 6.83. The largest absolute Gasteiger partial charge is 0.394 e. The Morgan fingerprint density at radius 3 is 1.69 bits per heavy atom. The fourth-order valence-electron chi connectivity index (χ4n) is 2.14. The lowest BCUT2D eigenvalue weighted by Crippen LogP contribution is -2.41. The van der Waals surface area contributed by atoms with Crippen molar-refractivity contribution in [3.8, 4) is 0 Å². The summed E-state index contributed by atoms with van der Waals surface area (Å²) in [6.45, 7) is 3.95. The van der Waals surface area contributed by atoms with Crippen molar-refractivity contribution in [2.24, 2.45) is 0 Å². The summed E-state index contributed by atoms with van der Waals surface area (Å²) < 4.78 is 1.14. The molecule has 0 saturated carbocycles. The summed E-state index contributed by atoms with van der Waals surface area (Å²) in [5.41, 5.74) is 0.547. The van der Waals surface area contributed by atoms with Crippen molar-refractivity contribution in [1.29, 1.82) is 0 Å². The average Bonchev–Trinajstić information content (AvgIpc) is 2.62. The van der Waals surface area contributed by atoms with Gasteiger partial charge in [0.1, 0.15) is 6.10 Å². The van der Waals surface area contributed by atoms with Crippen LogP contribution < -0.4 is 16.0 Å². The first-order valence-corrected chi connectivity index (χ1v) is 11.7. The molecule has 1 atom stereocenters. The molecule has 0 spiro atoms. The maximum Gasteiger partial charge on any atom is 0.253 e. The minimum Gasteiger partial charge on any atom is -0.394 e. The van der Waals surface area contributed by atoms with E-state index >= 15 is 0 Å². The highest BCUT2D eigenvalue weighted by Crippen LogP contribution is 2.36. The number of carbonyl (C=O) groups excluding carboxylic acids is 3. The first kappa shape index (κ1) is 26.7. The lowest BCUT2D eigenvalue weighted by Gasteiger charge is -2.21. The van der Waals surface area contributed by atoms with Gasteiger partial charge >= 0.3 is 0 Å². The highest BCUT2D eigenvalue weighted by molar-refractivity contribution is 14.1. The van der Waals surface area contributed by atoms with Crippen LogP contribution in [0.25, 0.3) is 0 Å². The Balaban J connectivity index is 3.67. The number of rotatable bonds is 8. The zero-order valence-electron chi connectivity index (χ0n) is 15.8. The predicted molar refractivity (Wildman–Crippen MR) is 133 cm³/mol. The first-order chi connectivity index (χ1) is 13.5. The van der Waals surface area contributed by atoms with Crippen molar-refractivity contribution in [1.82, 2.24) is 10.6 Å². The van der Waals surface area contributed by atoms with E-state index < -0.39 is 43.1 Å². The number of amides is 3. The van der Waals surface area contributed by atoms with Crippen molar-refractivity contribution >= 4 is 91.2 Å². The fourth-order valence-corrected chi connectivity index (χ4v) is 6.56. The molecule has 0 aliphatic rings.